The van der Waals surface area contributed by atoms with E-state index in [9.17, 15) is 24.3 Å². The first-order valence-corrected chi connectivity index (χ1v) is 11.6. The van der Waals surface area contributed by atoms with Gasteiger partial charge in [-0.2, -0.15) is 11.8 Å². The van der Waals surface area contributed by atoms with Crippen molar-refractivity contribution >= 4 is 35.5 Å². The van der Waals surface area contributed by atoms with Crippen LogP contribution < -0.4 is 21.7 Å². The lowest BCUT2D eigenvalue weighted by Crippen LogP contribution is -2.60. The van der Waals surface area contributed by atoms with Crippen LogP contribution in [-0.4, -0.2) is 76.2 Å². The number of aliphatic carboxylic acids is 1. The quantitative estimate of drug-likeness (QED) is 0.219. The van der Waals surface area contributed by atoms with Crippen LogP contribution in [0.4, 0.5) is 0 Å². The van der Waals surface area contributed by atoms with Gasteiger partial charge >= 0.3 is 5.97 Å². The average Bonchev–Trinajstić information content (AvgIpc) is 2.75. The maximum Gasteiger partial charge on any atom is 0.325 e. The van der Waals surface area contributed by atoms with Crippen LogP contribution in [0.2, 0.25) is 0 Å². The molecule has 0 spiro atoms. The molecule has 5 unspecified atom stereocenters. The summed E-state index contributed by atoms with van der Waals surface area (Å²) in [6.07, 6.45) is 1.09. The van der Waals surface area contributed by atoms with Crippen molar-refractivity contribution < 1.29 is 29.4 Å². The van der Waals surface area contributed by atoms with Gasteiger partial charge in [0.15, 0.2) is 0 Å². The summed E-state index contributed by atoms with van der Waals surface area (Å²) in [5.74, 6) is -2.66. The highest BCUT2D eigenvalue weighted by Crippen LogP contribution is 2.06. The Balaban J connectivity index is 2.97. The number of benzene rings is 1. The zero-order valence-corrected chi connectivity index (χ0v) is 19.2. The Kier molecular flexibility index (Phi) is 11.7. The van der Waals surface area contributed by atoms with Crippen molar-refractivity contribution in [2.45, 2.75) is 57.0 Å². The predicted octanol–water partition coefficient (Wildman–Crippen LogP) is -0.751. The van der Waals surface area contributed by atoms with E-state index in [1.165, 1.54) is 25.6 Å². The molecule has 10 nitrogen and oxygen atoms in total. The van der Waals surface area contributed by atoms with Crippen molar-refractivity contribution in [1.29, 1.82) is 0 Å². The van der Waals surface area contributed by atoms with Crippen molar-refractivity contribution in [2.75, 3.05) is 12.0 Å². The molecule has 0 aliphatic heterocycles. The van der Waals surface area contributed by atoms with Crippen LogP contribution in [0, 0.1) is 0 Å². The molecule has 0 saturated carbocycles. The van der Waals surface area contributed by atoms with Gasteiger partial charge in [0.25, 0.3) is 0 Å². The lowest BCUT2D eigenvalue weighted by molar-refractivity contribution is -0.142. The molecule has 0 aromatic heterocycles. The fourth-order valence-electron chi connectivity index (χ4n) is 2.74. The van der Waals surface area contributed by atoms with Gasteiger partial charge in [0.1, 0.15) is 18.1 Å². The van der Waals surface area contributed by atoms with Crippen molar-refractivity contribution in [3.05, 3.63) is 35.9 Å². The number of carbonyl (C=O) groups excluding carboxylic acids is 3. The number of amides is 3. The molecule has 0 aliphatic rings. The highest BCUT2D eigenvalue weighted by molar-refractivity contribution is 7.98. The maximum absolute atomic E-state index is 12.9. The summed E-state index contributed by atoms with van der Waals surface area (Å²) in [4.78, 5) is 49.0. The Hall–Kier alpha value is -2.63. The lowest BCUT2D eigenvalue weighted by Gasteiger charge is -2.26. The predicted molar refractivity (Wildman–Crippen MR) is 122 cm³/mol. The summed E-state index contributed by atoms with van der Waals surface area (Å²) in [6, 6.07) is 4.35. The fraction of sp³-hybridized carbons (Fsp3) is 0.524. The average molecular weight is 469 g/mol. The van der Waals surface area contributed by atoms with Crippen LogP contribution in [0.5, 0.6) is 0 Å². The minimum absolute atomic E-state index is 0.0818. The molecule has 0 aliphatic carbocycles. The second-order valence-electron chi connectivity index (χ2n) is 7.43. The summed E-state index contributed by atoms with van der Waals surface area (Å²) < 4.78 is 0. The Morgan fingerprint density at radius 1 is 1.00 bits per heavy atom. The van der Waals surface area contributed by atoms with Crippen LogP contribution in [0.15, 0.2) is 30.3 Å². The van der Waals surface area contributed by atoms with Gasteiger partial charge in [-0.05, 0) is 37.8 Å². The highest BCUT2D eigenvalue weighted by atomic mass is 32.2. The van der Waals surface area contributed by atoms with Crippen LogP contribution in [-0.2, 0) is 25.6 Å². The lowest BCUT2D eigenvalue weighted by atomic mass is 10.0. The number of hydrogen-bond acceptors (Lipinski definition) is 7. The molecule has 178 valence electrons. The molecule has 11 heteroatoms. The molecule has 0 fully saturated rings. The number of carboxylic acid groups (broad SMARTS) is 1. The Labute approximate surface area is 191 Å². The molecule has 7 N–H and O–H groups in total. The monoisotopic (exact) mass is 468 g/mol. The molecular formula is C21H32N4O6S. The number of aliphatic hydroxyl groups is 1. The van der Waals surface area contributed by atoms with Crippen LogP contribution in [0.3, 0.4) is 0 Å². The first kappa shape index (κ1) is 27.4. The molecular weight excluding hydrogens is 436 g/mol. The molecule has 3 amide bonds. The maximum atomic E-state index is 12.9. The number of rotatable bonds is 13. The van der Waals surface area contributed by atoms with E-state index in [2.05, 4.69) is 16.0 Å². The van der Waals surface area contributed by atoms with Gasteiger partial charge < -0.3 is 31.9 Å². The Morgan fingerprint density at radius 2 is 1.62 bits per heavy atom. The first-order valence-electron chi connectivity index (χ1n) is 10.2. The Bertz CT molecular complexity index is 777. The van der Waals surface area contributed by atoms with E-state index in [1.807, 2.05) is 6.26 Å². The molecule has 32 heavy (non-hydrogen) atoms. The van der Waals surface area contributed by atoms with Crippen molar-refractivity contribution in [2.24, 2.45) is 5.73 Å². The van der Waals surface area contributed by atoms with Gasteiger partial charge in [0.2, 0.25) is 17.7 Å². The van der Waals surface area contributed by atoms with Gasteiger partial charge in [-0.1, -0.05) is 30.3 Å². The van der Waals surface area contributed by atoms with E-state index >= 15 is 0 Å². The molecule has 0 heterocycles. The third kappa shape index (κ3) is 9.25. The summed E-state index contributed by atoms with van der Waals surface area (Å²) in [7, 11) is 0. The number of carboxylic acids is 1. The third-order valence-electron chi connectivity index (χ3n) is 4.68. The van der Waals surface area contributed by atoms with Crippen LogP contribution in [0.25, 0.3) is 0 Å². The zero-order chi connectivity index (χ0) is 24.3. The number of thioether (sulfide) groups is 1. The molecule has 0 radical (unpaired) electrons. The van der Waals surface area contributed by atoms with Crippen LogP contribution in [0.1, 0.15) is 25.8 Å². The van der Waals surface area contributed by atoms with Crippen molar-refractivity contribution in [3.63, 3.8) is 0 Å². The van der Waals surface area contributed by atoms with E-state index in [0.717, 1.165) is 5.56 Å². The van der Waals surface area contributed by atoms with E-state index < -0.39 is 54.0 Å². The van der Waals surface area contributed by atoms with Gasteiger partial charge in [0.05, 0.1) is 12.1 Å². The molecule has 5 atom stereocenters. The van der Waals surface area contributed by atoms with Crippen molar-refractivity contribution in [1.82, 2.24) is 16.0 Å². The minimum atomic E-state index is -1.34. The van der Waals surface area contributed by atoms with Crippen LogP contribution >= 0.6 is 11.8 Å². The summed E-state index contributed by atoms with van der Waals surface area (Å²) in [6.45, 7) is 2.63. The third-order valence-corrected chi connectivity index (χ3v) is 5.32. The zero-order valence-electron chi connectivity index (χ0n) is 18.4. The van der Waals surface area contributed by atoms with Gasteiger partial charge in [-0.25, -0.2) is 0 Å². The number of aliphatic hydroxyl groups excluding tert-OH is 1. The summed E-state index contributed by atoms with van der Waals surface area (Å²) >= 11 is 1.52. The van der Waals surface area contributed by atoms with Crippen molar-refractivity contribution in [3.8, 4) is 0 Å². The largest absolute Gasteiger partial charge is 0.480 e. The Morgan fingerprint density at radius 3 is 2.16 bits per heavy atom. The van der Waals surface area contributed by atoms with E-state index in [4.69, 9.17) is 10.8 Å². The molecule has 0 saturated heterocycles. The topological polar surface area (TPSA) is 171 Å². The van der Waals surface area contributed by atoms with Gasteiger partial charge in [0, 0.05) is 6.42 Å². The van der Waals surface area contributed by atoms with E-state index in [0.29, 0.717) is 12.2 Å². The number of carbonyl (C=O) groups is 4. The first-order chi connectivity index (χ1) is 15.1. The second-order valence-corrected chi connectivity index (χ2v) is 8.42. The highest BCUT2D eigenvalue weighted by Gasteiger charge is 2.31. The molecule has 0 bridgehead atoms. The normalized spacial score (nSPS) is 15.5. The number of nitrogens with two attached hydrogens (primary N) is 1. The number of nitrogens with one attached hydrogen (secondary N) is 3. The number of hydrogen-bond donors (Lipinski definition) is 6. The second kappa shape index (κ2) is 13.7. The smallest absolute Gasteiger partial charge is 0.325 e. The fourth-order valence-corrected chi connectivity index (χ4v) is 3.23. The summed E-state index contributed by atoms with van der Waals surface area (Å²) in [5.41, 5.74) is 6.56. The summed E-state index contributed by atoms with van der Waals surface area (Å²) in [5, 5.41) is 26.4. The van der Waals surface area contributed by atoms with E-state index in [-0.39, 0.29) is 6.42 Å². The SMILES string of the molecule is CSCCC(N)C(=O)NC(C(=O)NC(Cc1ccccc1)C(=O)NC(C)C(=O)O)C(C)O. The molecule has 1 aromatic rings. The van der Waals surface area contributed by atoms with Gasteiger partial charge in [-0.3, -0.25) is 19.2 Å². The molecule has 1 aromatic carbocycles. The van der Waals surface area contributed by atoms with E-state index in [1.54, 1.807) is 30.3 Å². The molecule has 1 rings (SSSR count). The van der Waals surface area contributed by atoms with Gasteiger partial charge in [-0.15, -0.1) is 0 Å². The standard InChI is InChI=1S/C21H32N4O6S/c1-12(21(30)31)23-19(28)16(11-14-7-5-4-6-8-14)24-20(29)17(13(2)26)25-18(27)15(22)9-10-32-3/h4-8,12-13,15-17,26H,9-11,22H2,1-3H3,(H,23,28)(H,24,29)(H,25,27)(H,30,31). The minimum Gasteiger partial charge on any atom is -0.480 e.